The second kappa shape index (κ2) is 30.2. The van der Waals surface area contributed by atoms with Gasteiger partial charge in [-0.15, -0.1) is 0 Å². The molecule has 0 bridgehead atoms. The Morgan fingerprint density at radius 1 is 0.560 bits per heavy atom. The monoisotopic (exact) mass is 722 g/mol. The van der Waals surface area contributed by atoms with Crippen LogP contribution in [0, 0.1) is 0 Å². The van der Waals surface area contributed by atoms with Crippen LogP contribution >= 0.6 is 0 Å². The third kappa shape index (κ3) is 22.4. The molecule has 0 aromatic heterocycles. The number of unbranched alkanes of at least 4 members (excludes halogenated alkanes) is 12. The maximum atomic E-state index is 8.52. The molecule has 0 aliphatic heterocycles. The zero-order valence-electron chi connectivity index (χ0n) is 32.1. The molecule has 50 heavy (non-hydrogen) atoms. The molecule has 2 aromatic carbocycles. The molecule has 288 valence electrons. The number of allylic oxidation sites excluding steroid dienone is 2. The quantitative estimate of drug-likeness (QED) is 0.0242. The van der Waals surface area contributed by atoms with Gasteiger partial charge in [0.15, 0.2) is 0 Å². The molecule has 2 atom stereocenters. The lowest BCUT2D eigenvalue weighted by Gasteiger charge is -2.32. The zero-order chi connectivity index (χ0) is 35.4. The molecule has 0 aliphatic rings. The van der Waals surface area contributed by atoms with Crippen LogP contribution in [0.25, 0.3) is 0 Å². The minimum atomic E-state index is -5.17. The van der Waals surface area contributed by atoms with Crippen LogP contribution in [-0.4, -0.2) is 30.7 Å². The van der Waals surface area contributed by atoms with Gasteiger partial charge in [0.25, 0.3) is 0 Å². The Labute approximate surface area is 304 Å². The van der Waals surface area contributed by atoms with Gasteiger partial charge in [0.2, 0.25) is 0 Å². The Balaban J connectivity index is 0. The predicted molar refractivity (Wildman–Crippen MR) is 207 cm³/mol. The maximum absolute atomic E-state index is 8.52. The first-order valence-electron chi connectivity index (χ1n) is 18.1. The number of hydrogen-bond acceptors (Lipinski definition) is 7. The fraction of sp³-hybridized carbons (Fsp3) is 0.600. The number of quaternary nitrogens is 2. The van der Waals surface area contributed by atoms with Crippen LogP contribution in [0.15, 0.2) is 85.0 Å². The largest absolute Gasteiger partial charge is 0.759 e. The summed E-state index contributed by atoms with van der Waals surface area (Å²) in [6, 6.07) is 21.5. The normalized spacial score (nSPS) is 13.9. The topological polar surface area (TPSA) is 181 Å². The summed E-state index contributed by atoms with van der Waals surface area (Å²) in [6.45, 7) is 9.56. The highest BCUT2D eigenvalue weighted by atomic mass is 32.3. The molecule has 0 spiro atoms. The molecule has 2 rings (SSSR count). The van der Waals surface area contributed by atoms with Gasteiger partial charge in [0.05, 0.1) is 13.2 Å². The van der Waals surface area contributed by atoms with Crippen molar-refractivity contribution in [3.63, 3.8) is 0 Å². The van der Waals surface area contributed by atoms with E-state index in [1.807, 2.05) is 0 Å². The average Bonchev–Trinajstić information content (AvgIpc) is 3.07. The lowest BCUT2D eigenvalue weighted by molar-refractivity contribution is -0.517. The molecule has 8 N–H and O–H groups in total. The first kappa shape index (κ1) is 49.7. The summed E-state index contributed by atoms with van der Waals surface area (Å²) in [5, 5.41) is 5.56. The van der Waals surface area contributed by atoms with E-state index in [1.54, 1.807) is 0 Å². The van der Waals surface area contributed by atoms with Crippen LogP contribution in [-0.2, 0) is 36.0 Å². The summed E-state index contributed by atoms with van der Waals surface area (Å²) >= 11 is 0. The summed E-state index contributed by atoms with van der Waals surface area (Å²) in [5.74, 6) is 0. The van der Waals surface area contributed by atoms with Crippen LogP contribution in [0.4, 0.5) is 0 Å². The van der Waals surface area contributed by atoms with Gasteiger partial charge >= 0.3 is 0 Å². The Morgan fingerprint density at radius 3 is 1.16 bits per heavy atom. The standard InChI is InChI=1S/C40H62O3.2H3N.H2O4S/c1-5-9-11-13-15-17-25-33-39(31-7-3,37-27-21-19-22-28-37)35-41-43-42-36-40(32-8-4,38-29-23-20-24-30-38)34-26-18-16-14-12-10-6-2;;;1-5(2,3)4/h7-8,19-24,27-32H,5-6,9-18,25-26,33-36H2,1-4H3;2*1H3;(H2,1,2,3,4). The van der Waals surface area contributed by atoms with Crippen molar-refractivity contribution in [1.29, 1.82) is 0 Å². The first-order chi connectivity index (χ1) is 23.2. The van der Waals surface area contributed by atoms with Crippen molar-refractivity contribution < 1.29 is 32.3 Å². The molecular formula is C40H70N2O7S. The predicted octanol–water partition coefficient (Wildman–Crippen LogP) is 11.6. The Kier molecular flexibility index (Phi) is 30.1. The molecule has 0 saturated heterocycles. The third-order valence-electron chi connectivity index (χ3n) is 8.85. The third-order valence-corrected chi connectivity index (χ3v) is 8.85. The average molecular weight is 723 g/mol. The second-order valence-electron chi connectivity index (χ2n) is 12.8. The number of rotatable bonds is 26. The van der Waals surface area contributed by atoms with Gasteiger partial charge in [-0.25, -0.2) is 9.78 Å². The molecule has 0 radical (unpaired) electrons. The molecule has 2 aromatic rings. The summed E-state index contributed by atoms with van der Waals surface area (Å²) in [4.78, 5) is 11.8. The molecule has 0 saturated carbocycles. The van der Waals surface area contributed by atoms with Gasteiger partial charge in [0.1, 0.15) is 0 Å². The van der Waals surface area contributed by atoms with E-state index in [-0.39, 0.29) is 23.1 Å². The first-order valence-corrected chi connectivity index (χ1v) is 19.5. The molecule has 0 fully saturated rings. The Bertz CT molecular complexity index is 1130. The second-order valence-corrected chi connectivity index (χ2v) is 13.6. The highest BCUT2D eigenvalue weighted by molar-refractivity contribution is 7.79. The van der Waals surface area contributed by atoms with Gasteiger partial charge < -0.3 is 21.4 Å². The summed E-state index contributed by atoms with van der Waals surface area (Å²) in [5.41, 5.74) is 2.02. The van der Waals surface area contributed by atoms with Crippen molar-refractivity contribution in [2.75, 3.05) is 13.2 Å². The van der Waals surface area contributed by atoms with Crippen LogP contribution < -0.4 is 12.3 Å². The van der Waals surface area contributed by atoms with Crippen molar-refractivity contribution >= 4 is 10.4 Å². The van der Waals surface area contributed by atoms with E-state index in [0.29, 0.717) is 13.2 Å². The van der Waals surface area contributed by atoms with Gasteiger partial charge in [-0.05, 0) is 37.8 Å². The molecule has 10 heteroatoms. The van der Waals surface area contributed by atoms with Crippen molar-refractivity contribution in [3.8, 4) is 0 Å². The van der Waals surface area contributed by atoms with Crippen LogP contribution in [0.3, 0.4) is 0 Å². The Hall–Kier alpha value is -2.41. The van der Waals surface area contributed by atoms with Crippen molar-refractivity contribution in [3.05, 3.63) is 96.1 Å². The highest BCUT2D eigenvalue weighted by Gasteiger charge is 2.32. The fourth-order valence-corrected chi connectivity index (χ4v) is 6.32. The lowest BCUT2D eigenvalue weighted by Crippen LogP contribution is -2.32. The highest BCUT2D eigenvalue weighted by Crippen LogP contribution is 2.35. The van der Waals surface area contributed by atoms with Gasteiger partial charge in [-0.1, -0.05) is 194 Å². The zero-order valence-corrected chi connectivity index (χ0v) is 32.9. The van der Waals surface area contributed by atoms with Gasteiger partial charge in [-0.3, -0.25) is 8.42 Å². The Morgan fingerprint density at radius 2 is 0.860 bits per heavy atom. The van der Waals surface area contributed by atoms with Gasteiger partial charge in [-0.2, -0.15) is 0 Å². The number of hydrogen-bond donors (Lipinski definition) is 2. The van der Waals surface area contributed by atoms with E-state index in [9.17, 15) is 0 Å². The van der Waals surface area contributed by atoms with E-state index >= 15 is 0 Å². The van der Waals surface area contributed by atoms with Crippen molar-refractivity contribution in [2.24, 2.45) is 0 Å². The van der Waals surface area contributed by atoms with Crippen molar-refractivity contribution in [2.45, 2.75) is 141 Å². The lowest BCUT2D eigenvalue weighted by atomic mass is 9.76. The minimum Gasteiger partial charge on any atom is -0.759 e. The molecule has 0 aliphatic carbocycles. The van der Waals surface area contributed by atoms with Gasteiger partial charge in [0, 0.05) is 21.2 Å². The molecule has 0 amide bonds. The van der Waals surface area contributed by atoms with E-state index in [2.05, 4.69) is 113 Å². The van der Waals surface area contributed by atoms with Crippen molar-refractivity contribution in [1.82, 2.24) is 12.3 Å². The minimum absolute atomic E-state index is 0. The SMILES string of the molecule is CC=CC(CCCCCCCCC)(COOOCC(C=CC)(CCCCCCCCC)c1ccccc1)c1ccccc1.O=S(=O)([O-])[O-].[NH4+].[NH4+]. The van der Waals surface area contributed by atoms with Crippen LogP contribution in [0.2, 0.25) is 0 Å². The van der Waals surface area contributed by atoms with E-state index in [0.717, 1.165) is 25.7 Å². The molecular weight excluding hydrogens is 653 g/mol. The van der Waals surface area contributed by atoms with E-state index < -0.39 is 10.4 Å². The van der Waals surface area contributed by atoms with Crippen LogP contribution in [0.1, 0.15) is 142 Å². The molecule has 9 nitrogen and oxygen atoms in total. The van der Waals surface area contributed by atoms with Crippen LogP contribution in [0.5, 0.6) is 0 Å². The van der Waals surface area contributed by atoms with E-state index in [4.69, 9.17) is 32.3 Å². The summed E-state index contributed by atoms with van der Waals surface area (Å²) in [7, 11) is -5.17. The summed E-state index contributed by atoms with van der Waals surface area (Å²) in [6.07, 6.45) is 28.9. The molecule has 2 unspecified atom stereocenters. The number of benzene rings is 2. The summed E-state index contributed by atoms with van der Waals surface area (Å²) < 4.78 is 34.1. The fourth-order valence-electron chi connectivity index (χ4n) is 6.32. The molecule has 0 heterocycles. The maximum Gasteiger partial charge on any atom is 0.0985 e. The smallest absolute Gasteiger partial charge is 0.0985 e. The van der Waals surface area contributed by atoms with E-state index in [1.165, 1.54) is 88.2 Å².